The quantitative estimate of drug-likeness (QED) is 0.675. The predicted molar refractivity (Wildman–Crippen MR) is 102 cm³/mol. The second kappa shape index (κ2) is 7.65. The second-order valence-electron chi connectivity index (χ2n) is 6.50. The molecular weight excluding hydrogens is 346 g/mol. The molecule has 2 aromatic heterocycles. The van der Waals surface area contributed by atoms with Crippen LogP contribution < -0.4 is 5.32 Å². The van der Waals surface area contributed by atoms with Crippen LogP contribution in [0.2, 0.25) is 0 Å². The van der Waals surface area contributed by atoms with Gasteiger partial charge in [0.2, 0.25) is 0 Å². The Kier molecular flexibility index (Phi) is 5.30. The summed E-state index contributed by atoms with van der Waals surface area (Å²) in [6.45, 7) is 5.39. The molecule has 0 atom stereocenters. The van der Waals surface area contributed by atoms with E-state index >= 15 is 0 Å². The number of hydrogen-bond acceptors (Lipinski definition) is 5. The zero-order chi connectivity index (χ0) is 19.6. The van der Waals surface area contributed by atoms with Crippen molar-refractivity contribution in [1.29, 1.82) is 0 Å². The third-order valence-electron chi connectivity index (χ3n) is 4.60. The number of anilines is 1. The van der Waals surface area contributed by atoms with Crippen molar-refractivity contribution in [2.75, 3.05) is 11.9 Å². The van der Waals surface area contributed by atoms with Gasteiger partial charge in [-0.3, -0.25) is 14.3 Å². The molecule has 0 fully saturated rings. The van der Waals surface area contributed by atoms with Crippen LogP contribution in [0.4, 0.5) is 5.69 Å². The van der Waals surface area contributed by atoms with Gasteiger partial charge in [-0.05, 0) is 31.9 Å². The molecule has 7 nitrogen and oxygen atoms in total. The minimum atomic E-state index is -0.480. The summed E-state index contributed by atoms with van der Waals surface area (Å²) in [5.41, 5.74) is 4.86. The van der Waals surface area contributed by atoms with E-state index in [2.05, 4.69) is 17.3 Å². The molecule has 3 aromatic rings. The monoisotopic (exact) mass is 369 g/mol. The predicted octanol–water partition coefficient (Wildman–Crippen LogP) is 3.07. The van der Waals surface area contributed by atoms with Crippen LogP contribution in [0.15, 0.2) is 28.9 Å². The maximum atomic E-state index is 12.1. The fourth-order valence-corrected chi connectivity index (χ4v) is 2.97. The van der Waals surface area contributed by atoms with Gasteiger partial charge in [-0.2, -0.15) is 5.10 Å². The number of esters is 1. The summed E-state index contributed by atoms with van der Waals surface area (Å²) in [6.07, 6.45) is 2.53. The Morgan fingerprint density at radius 2 is 2.07 bits per heavy atom. The van der Waals surface area contributed by atoms with Crippen LogP contribution in [0.25, 0.3) is 11.0 Å². The maximum Gasteiger partial charge on any atom is 0.310 e. The van der Waals surface area contributed by atoms with Gasteiger partial charge in [0.05, 0.1) is 29.8 Å². The molecule has 0 saturated heterocycles. The van der Waals surface area contributed by atoms with Crippen molar-refractivity contribution in [2.24, 2.45) is 7.05 Å². The van der Waals surface area contributed by atoms with Crippen LogP contribution in [-0.2, 0) is 34.2 Å². The molecule has 0 bridgehead atoms. The topological polar surface area (TPSA) is 86.4 Å². The SMILES string of the molecule is CCc1ccc2c(CC(=O)OCC(=O)Nc3c(C)nn(C)c3C)coc2c1. The molecular formula is C20H23N3O4. The number of fused-ring (bicyclic) bond motifs is 1. The molecule has 3 rings (SSSR count). The van der Waals surface area contributed by atoms with E-state index < -0.39 is 11.9 Å². The highest BCUT2D eigenvalue weighted by Crippen LogP contribution is 2.23. The zero-order valence-electron chi connectivity index (χ0n) is 16.0. The summed E-state index contributed by atoms with van der Waals surface area (Å²) >= 11 is 0. The average Bonchev–Trinajstić information content (AvgIpc) is 3.15. The number of furan rings is 1. The van der Waals surface area contributed by atoms with Gasteiger partial charge in [0.15, 0.2) is 6.61 Å². The van der Waals surface area contributed by atoms with Gasteiger partial charge in [0.25, 0.3) is 5.91 Å². The van der Waals surface area contributed by atoms with Crippen LogP contribution in [-0.4, -0.2) is 28.3 Å². The van der Waals surface area contributed by atoms with E-state index in [1.807, 2.05) is 32.0 Å². The highest BCUT2D eigenvalue weighted by Gasteiger charge is 2.16. The minimum Gasteiger partial charge on any atom is -0.464 e. The Morgan fingerprint density at radius 1 is 1.30 bits per heavy atom. The first kappa shape index (κ1) is 18.7. The van der Waals surface area contributed by atoms with Gasteiger partial charge in [0, 0.05) is 18.0 Å². The molecule has 7 heteroatoms. The van der Waals surface area contributed by atoms with Gasteiger partial charge < -0.3 is 14.5 Å². The van der Waals surface area contributed by atoms with Crippen molar-refractivity contribution < 1.29 is 18.7 Å². The largest absolute Gasteiger partial charge is 0.464 e. The van der Waals surface area contributed by atoms with Crippen molar-refractivity contribution in [2.45, 2.75) is 33.6 Å². The first-order valence-electron chi connectivity index (χ1n) is 8.83. The van der Waals surface area contributed by atoms with Crippen molar-refractivity contribution >= 4 is 28.5 Å². The van der Waals surface area contributed by atoms with E-state index in [-0.39, 0.29) is 13.0 Å². The smallest absolute Gasteiger partial charge is 0.310 e. The molecule has 0 aliphatic carbocycles. The Morgan fingerprint density at radius 3 is 2.74 bits per heavy atom. The number of nitrogens with zero attached hydrogens (tertiary/aromatic N) is 2. The Bertz CT molecular complexity index is 1000. The number of benzene rings is 1. The molecule has 0 unspecified atom stereocenters. The fraction of sp³-hybridized carbons (Fsp3) is 0.350. The fourth-order valence-electron chi connectivity index (χ4n) is 2.97. The number of carbonyl (C=O) groups is 2. The zero-order valence-corrected chi connectivity index (χ0v) is 16.0. The molecule has 1 N–H and O–H groups in total. The number of nitrogens with one attached hydrogen (secondary N) is 1. The standard InChI is InChI=1S/C20H23N3O4/c1-5-14-6-7-16-15(10-26-17(16)8-14)9-19(25)27-11-18(24)21-20-12(2)22-23(4)13(20)3/h6-8,10H,5,9,11H2,1-4H3,(H,21,24). The number of rotatable bonds is 6. The van der Waals surface area contributed by atoms with Crippen LogP contribution in [0.3, 0.4) is 0 Å². The number of amides is 1. The van der Waals surface area contributed by atoms with Crippen molar-refractivity contribution in [3.8, 4) is 0 Å². The van der Waals surface area contributed by atoms with Crippen LogP contribution in [0.1, 0.15) is 29.4 Å². The van der Waals surface area contributed by atoms with E-state index in [4.69, 9.17) is 9.15 Å². The third kappa shape index (κ3) is 4.02. The molecule has 1 aromatic carbocycles. The Labute approximate surface area is 157 Å². The Balaban J connectivity index is 1.57. The van der Waals surface area contributed by atoms with E-state index in [0.717, 1.165) is 28.6 Å². The van der Waals surface area contributed by atoms with Crippen LogP contribution in [0, 0.1) is 13.8 Å². The summed E-state index contributed by atoms with van der Waals surface area (Å²) in [6, 6.07) is 5.93. The number of aromatic nitrogens is 2. The highest BCUT2D eigenvalue weighted by molar-refractivity contribution is 5.94. The number of ether oxygens (including phenoxy) is 1. The number of hydrogen-bond donors (Lipinski definition) is 1. The normalized spacial score (nSPS) is 11.0. The molecule has 0 spiro atoms. The molecule has 142 valence electrons. The van der Waals surface area contributed by atoms with Crippen molar-refractivity contribution in [1.82, 2.24) is 9.78 Å². The summed E-state index contributed by atoms with van der Waals surface area (Å²) in [5.74, 6) is -0.876. The van der Waals surface area contributed by atoms with E-state index in [0.29, 0.717) is 11.4 Å². The van der Waals surface area contributed by atoms with Gasteiger partial charge in [-0.1, -0.05) is 19.1 Å². The first-order valence-corrected chi connectivity index (χ1v) is 8.83. The molecule has 1 amide bonds. The average molecular weight is 369 g/mol. The summed E-state index contributed by atoms with van der Waals surface area (Å²) < 4.78 is 12.3. The van der Waals surface area contributed by atoms with E-state index in [1.54, 1.807) is 18.0 Å². The van der Waals surface area contributed by atoms with Gasteiger partial charge in [-0.25, -0.2) is 0 Å². The van der Waals surface area contributed by atoms with E-state index in [1.165, 1.54) is 5.56 Å². The van der Waals surface area contributed by atoms with Crippen molar-refractivity contribution in [3.05, 3.63) is 47.0 Å². The number of aryl methyl sites for hydroxylation is 3. The van der Waals surface area contributed by atoms with E-state index in [9.17, 15) is 9.59 Å². The van der Waals surface area contributed by atoms with Crippen LogP contribution >= 0.6 is 0 Å². The summed E-state index contributed by atoms with van der Waals surface area (Å²) in [7, 11) is 1.80. The molecule has 0 radical (unpaired) electrons. The lowest BCUT2D eigenvalue weighted by atomic mass is 10.1. The van der Waals surface area contributed by atoms with Gasteiger partial charge in [0.1, 0.15) is 5.58 Å². The lowest BCUT2D eigenvalue weighted by Crippen LogP contribution is -2.22. The second-order valence-corrected chi connectivity index (χ2v) is 6.50. The van der Waals surface area contributed by atoms with Gasteiger partial charge in [-0.15, -0.1) is 0 Å². The van der Waals surface area contributed by atoms with Gasteiger partial charge >= 0.3 is 5.97 Å². The molecule has 0 saturated carbocycles. The minimum absolute atomic E-state index is 0.0523. The lowest BCUT2D eigenvalue weighted by Gasteiger charge is -2.07. The Hall–Kier alpha value is -3.09. The lowest BCUT2D eigenvalue weighted by molar-refractivity contribution is -0.146. The highest BCUT2D eigenvalue weighted by atomic mass is 16.5. The summed E-state index contributed by atoms with van der Waals surface area (Å²) in [5, 5.41) is 7.86. The summed E-state index contributed by atoms with van der Waals surface area (Å²) in [4.78, 5) is 24.2. The third-order valence-corrected chi connectivity index (χ3v) is 4.60. The number of carbonyl (C=O) groups excluding carboxylic acids is 2. The molecule has 27 heavy (non-hydrogen) atoms. The van der Waals surface area contributed by atoms with Crippen LogP contribution in [0.5, 0.6) is 0 Å². The van der Waals surface area contributed by atoms with Crippen molar-refractivity contribution in [3.63, 3.8) is 0 Å². The molecule has 2 heterocycles. The maximum absolute atomic E-state index is 12.1. The first-order chi connectivity index (χ1) is 12.9. The molecule has 0 aliphatic heterocycles. The molecule has 0 aliphatic rings.